The number of ether oxygens (including phenoxy) is 1. The minimum atomic E-state index is -0.897. The lowest BCUT2D eigenvalue weighted by atomic mass is 9.85. The van der Waals surface area contributed by atoms with Gasteiger partial charge in [-0.2, -0.15) is 0 Å². The molecule has 5 rings (SSSR count). The van der Waals surface area contributed by atoms with Crippen LogP contribution >= 0.6 is 0 Å². The van der Waals surface area contributed by atoms with Crippen LogP contribution in [0.3, 0.4) is 0 Å². The molecule has 1 aliphatic carbocycles. The smallest absolute Gasteiger partial charge is 0.335 e. The molecule has 4 nitrogen and oxygen atoms in total. The molecule has 0 bridgehead atoms. The lowest BCUT2D eigenvalue weighted by Crippen LogP contribution is -2.47. The Morgan fingerprint density at radius 1 is 1.05 bits per heavy atom. The maximum atomic E-state index is 12.5. The van der Waals surface area contributed by atoms with Gasteiger partial charge in [0.15, 0.2) is 0 Å². The van der Waals surface area contributed by atoms with E-state index in [9.17, 15) is 14.3 Å². The van der Waals surface area contributed by atoms with Gasteiger partial charge in [-0.15, -0.1) is 0 Å². The van der Waals surface area contributed by atoms with Crippen LogP contribution in [-0.2, 0) is 12.8 Å². The van der Waals surface area contributed by atoms with Crippen molar-refractivity contribution in [3.63, 3.8) is 0 Å². The Morgan fingerprint density at radius 2 is 1.84 bits per heavy atom. The van der Waals surface area contributed by atoms with E-state index in [1.807, 2.05) is 12.1 Å². The molecule has 1 saturated heterocycles. The second-order valence-corrected chi connectivity index (χ2v) is 10.6. The first-order valence-electron chi connectivity index (χ1n) is 13.6. The number of methoxy groups -OCH3 is 1. The number of allylic oxidation sites excluding steroid dienone is 1. The normalized spacial score (nSPS) is 16.1. The number of aryl methyl sites for hydroxylation is 2. The highest BCUT2D eigenvalue weighted by molar-refractivity contribution is 6.01. The predicted octanol–water partition coefficient (Wildman–Crippen LogP) is 6.83. The molecule has 3 aromatic carbocycles. The second-order valence-electron chi connectivity index (χ2n) is 10.6. The van der Waals surface area contributed by atoms with Crippen LogP contribution in [-0.4, -0.2) is 49.4 Å². The van der Waals surface area contributed by atoms with Crippen LogP contribution in [0.15, 0.2) is 60.7 Å². The van der Waals surface area contributed by atoms with Gasteiger partial charge >= 0.3 is 5.97 Å². The summed E-state index contributed by atoms with van der Waals surface area (Å²) in [4.78, 5) is 14.0. The van der Waals surface area contributed by atoms with Crippen LogP contribution in [0.2, 0.25) is 0 Å². The van der Waals surface area contributed by atoms with Gasteiger partial charge in [0.2, 0.25) is 0 Å². The average Bonchev–Trinajstić information content (AvgIpc) is 3.09. The first-order chi connectivity index (χ1) is 18.5. The first-order valence-corrected chi connectivity index (χ1v) is 13.6. The summed E-state index contributed by atoms with van der Waals surface area (Å²) in [5, 5.41) is 9.61. The van der Waals surface area contributed by atoms with E-state index in [-0.39, 0.29) is 6.67 Å². The molecule has 1 heterocycles. The summed E-state index contributed by atoms with van der Waals surface area (Å²) < 4.78 is 18.3. The predicted molar refractivity (Wildman–Crippen MR) is 151 cm³/mol. The fourth-order valence-corrected chi connectivity index (χ4v) is 6.09. The van der Waals surface area contributed by atoms with Crippen molar-refractivity contribution in [3.8, 4) is 5.75 Å². The number of benzene rings is 3. The Balaban J connectivity index is 1.53. The van der Waals surface area contributed by atoms with Gasteiger partial charge in [-0.3, -0.25) is 4.39 Å². The van der Waals surface area contributed by atoms with Crippen LogP contribution in [0.1, 0.15) is 63.0 Å². The number of carbonyl (C=O) groups is 1. The Labute approximate surface area is 224 Å². The summed E-state index contributed by atoms with van der Waals surface area (Å²) in [7, 11) is 1.73. The summed E-state index contributed by atoms with van der Waals surface area (Å²) >= 11 is 0. The lowest BCUT2D eigenvalue weighted by Gasteiger charge is -2.39. The summed E-state index contributed by atoms with van der Waals surface area (Å²) in [5.41, 5.74) is 9.55. The molecule has 198 valence electrons. The molecule has 0 saturated carbocycles. The molecular weight excluding hydrogens is 477 g/mol. The molecule has 1 N–H and O–H groups in total. The van der Waals surface area contributed by atoms with Gasteiger partial charge in [-0.05, 0) is 96.0 Å². The van der Waals surface area contributed by atoms with E-state index in [0.717, 1.165) is 84.5 Å². The highest BCUT2D eigenvalue weighted by Crippen LogP contribution is 2.43. The quantitative estimate of drug-likeness (QED) is 0.341. The van der Waals surface area contributed by atoms with Gasteiger partial charge in [-0.1, -0.05) is 48.5 Å². The van der Waals surface area contributed by atoms with E-state index in [1.165, 1.54) is 11.1 Å². The highest BCUT2D eigenvalue weighted by atomic mass is 19.1. The Bertz CT molecular complexity index is 1340. The van der Waals surface area contributed by atoms with Crippen LogP contribution in [0.4, 0.5) is 4.39 Å². The molecule has 0 spiro atoms. The number of rotatable bonds is 9. The molecule has 0 unspecified atom stereocenters. The summed E-state index contributed by atoms with van der Waals surface area (Å²) in [6.07, 6.45) is 4.30. The zero-order valence-electron chi connectivity index (χ0n) is 22.3. The Hall–Kier alpha value is -3.44. The number of alkyl halides is 1. The third-order valence-corrected chi connectivity index (χ3v) is 7.95. The van der Waals surface area contributed by atoms with E-state index in [0.29, 0.717) is 17.9 Å². The van der Waals surface area contributed by atoms with Crippen molar-refractivity contribution >= 4 is 17.1 Å². The molecule has 38 heavy (non-hydrogen) atoms. The van der Waals surface area contributed by atoms with Crippen molar-refractivity contribution < 1.29 is 19.0 Å². The van der Waals surface area contributed by atoms with Gasteiger partial charge in [0, 0.05) is 25.2 Å². The molecule has 0 radical (unpaired) electrons. The average molecular weight is 514 g/mol. The standard InChI is InChI=1S/C33H36FNO3/c1-22-6-3-9-30(32(22)38-2)29-8-4-7-26-19-27(33(36)37)14-15-28(26)31(29)25-12-10-23(11-13-25)18-24-20-35(21-24)17-5-16-34/h3,6,9-15,19,24H,4-5,7-8,16-18,20-21H2,1-2H3,(H,36,37). The SMILES string of the molecule is COc1c(C)cccc1C1=C(c2ccc(CC3CN(CCCF)C3)cc2)c2ccc(C(=O)O)cc2CCC1. The summed E-state index contributed by atoms with van der Waals surface area (Å²) in [6, 6.07) is 20.7. The van der Waals surface area contributed by atoms with E-state index in [4.69, 9.17) is 4.74 Å². The molecule has 0 aromatic heterocycles. The van der Waals surface area contributed by atoms with E-state index < -0.39 is 5.97 Å². The van der Waals surface area contributed by atoms with Gasteiger partial charge in [0.05, 0.1) is 19.3 Å². The van der Waals surface area contributed by atoms with Gasteiger partial charge in [0.1, 0.15) is 5.75 Å². The van der Waals surface area contributed by atoms with Gasteiger partial charge in [-0.25, -0.2) is 4.79 Å². The molecular formula is C33H36FNO3. The van der Waals surface area contributed by atoms with Gasteiger partial charge < -0.3 is 14.7 Å². The second kappa shape index (κ2) is 11.5. The number of nitrogens with zero attached hydrogens (tertiary/aromatic N) is 1. The van der Waals surface area contributed by atoms with Crippen molar-refractivity contribution in [1.29, 1.82) is 0 Å². The monoisotopic (exact) mass is 513 g/mol. The molecule has 1 fully saturated rings. The zero-order valence-corrected chi connectivity index (χ0v) is 22.3. The van der Waals surface area contributed by atoms with Crippen molar-refractivity contribution in [2.75, 3.05) is 33.4 Å². The third-order valence-electron chi connectivity index (χ3n) is 7.95. The summed E-state index contributed by atoms with van der Waals surface area (Å²) in [5.74, 6) is 0.621. The van der Waals surface area contributed by atoms with Crippen LogP contribution in [0, 0.1) is 12.8 Å². The third kappa shape index (κ3) is 5.39. The number of fused-ring (bicyclic) bond motifs is 1. The molecule has 2 aliphatic rings. The molecule has 1 aliphatic heterocycles. The number of hydrogen-bond donors (Lipinski definition) is 1. The Kier molecular flexibility index (Phi) is 7.94. The topological polar surface area (TPSA) is 49.8 Å². The van der Waals surface area contributed by atoms with E-state index >= 15 is 0 Å². The number of likely N-dealkylation sites (tertiary alicyclic amines) is 1. The first kappa shape index (κ1) is 26.2. The van der Waals surface area contributed by atoms with Gasteiger partial charge in [0.25, 0.3) is 0 Å². The fourth-order valence-electron chi connectivity index (χ4n) is 6.09. The molecule has 5 heteroatoms. The Morgan fingerprint density at radius 3 is 2.55 bits per heavy atom. The van der Waals surface area contributed by atoms with E-state index in [2.05, 4.69) is 54.3 Å². The van der Waals surface area contributed by atoms with Crippen molar-refractivity contribution in [3.05, 3.63) is 99.6 Å². The number of carboxylic acids is 1. The number of aromatic carboxylic acids is 1. The minimum Gasteiger partial charge on any atom is -0.496 e. The van der Waals surface area contributed by atoms with Crippen LogP contribution in [0.5, 0.6) is 5.75 Å². The van der Waals surface area contributed by atoms with Crippen LogP contribution in [0.25, 0.3) is 11.1 Å². The fraction of sp³-hybridized carbons (Fsp3) is 0.364. The molecule has 0 atom stereocenters. The number of carboxylic acid groups (broad SMARTS) is 1. The maximum Gasteiger partial charge on any atom is 0.335 e. The van der Waals surface area contributed by atoms with E-state index in [1.54, 1.807) is 13.2 Å². The number of halogens is 1. The molecule has 3 aromatic rings. The minimum absolute atomic E-state index is 0.240. The lowest BCUT2D eigenvalue weighted by molar-refractivity contribution is 0.0696. The van der Waals surface area contributed by atoms with Crippen molar-refractivity contribution in [1.82, 2.24) is 4.90 Å². The number of hydrogen-bond acceptors (Lipinski definition) is 3. The van der Waals surface area contributed by atoms with Crippen molar-refractivity contribution in [2.45, 2.75) is 39.0 Å². The number of para-hydroxylation sites is 1. The largest absolute Gasteiger partial charge is 0.496 e. The maximum absolute atomic E-state index is 12.5. The van der Waals surface area contributed by atoms with Crippen LogP contribution < -0.4 is 4.74 Å². The highest BCUT2D eigenvalue weighted by Gasteiger charge is 2.27. The molecule has 0 amide bonds. The van der Waals surface area contributed by atoms with Crippen molar-refractivity contribution in [2.24, 2.45) is 5.92 Å². The zero-order chi connectivity index (χ0) is 26.6. The summed E-state index contributed by atoms with van der Waals surface area (Å²) in [6.45, 7) is 4.78.